The highest BCUT2D eigenvalue weighted by molar-refractivity contribution is 5.80. The summed E-state index contributed by atoms with van der Waals surface area (Å²) >= 11 is 0. The van der Waals surface area contributed by atoms with Crippen molar-refractivity contribution in [3.63, 3.8) is 0 Å². The predicted molar refractivity (Wildman–Crippen MR) is 97.6 cm³/mol. The molecule has 6 nitrogen and oxygen atoms in total. The van der Waals surface area contributed by atoms with E-state index in [2.05, 4.69) is 15.6 Å². The zero-order valence-electron chi connectivity index (χ0n) is 14.5. The molecule has 1 amide bonds. The Morgan fingerprint density at radius 1 is 1.32 bits per heavy atom. The fourth-order valence-corrected chi connectivity index (χ4v) is 2.79. The number of anilines is 1. The normalized spacial score (nSPS) is 18.2. The molecule has 6 heteroatoms. The quantitative estimate of drug-likeness (QED) is 0.720. The van der Waals surface area contributed by atoms with E-state index in [4.69, 9.17) is 9.47 Å². The van der Waals surface area contributed by atoms with E-state index in [0.717, 1.165) is 36.2 Å². The van der Waals surface area contributed by atoms with Gasteiger partial charge in [0, 0.05) is 25.1 Å². The number of amides is 1. The maximum Gasteiger partial charge on any atom is 0.248 e. The lowest BCUT2D eigenvalue weighted by Crippen LogP contribution is -2.38. The Morgan fingerprint density at radius 3 is 3.04 bits per heavy atom. The number of aromatic nitrogens is 1. The SMILES string of the molecule is C[C@H](OC[C@H]1CCCO1)C(=O)NCCNc1ccc2ccccc2n1. The third kappa shape index (κ3) is 5.14. The molecule has 1 fully saturated rings. The number of pyridine rings is 1. The fourth-order valence-electron chi connectivity index (χ4n) is 2.79. The van der Waals surface area contributed by atoms with E-state index in [1.54, 1.807) is 6.92 Å². The van der Waals surface area contributed by atoms with Crippen molar-refractivity contribution < 1.29 is 14.3 Å². The lowest BCUT2D eigenvalue weighted by Gasteiger charge is -2.16. The molecule has 0 unspecified atom stereocenters. The minimum absolute atomic E-state index is 0.105. The van der Waals surface area contributed by atoms with E-state index in [1.807, 2.05) is 36.4 Å². The van der Waals surface area contributed by atoms with Gasteiger partial charge in [-0.1, -0.05) is 18.2 Å². The lowest BCUT2D eigenvalue weighted by atomic mass is 10.2. The van der Waals surface area contributed by atoms with Gasteiger partial charge >= 0.3 is 0 Å². The van der Waals surface area contributed by atoms with Crippen molar-refractivity contribution in [2.45, 2.75) is 32.0 Å². The van der Waals surface area contributed by atoms with Crippen LogP contribution in [0.1, 0.15) is 19.8 Å². The Bertz CT molecular complexity index is 701. The highest BCUT2D eigenvalue weighted by Gasteiger charge is 2.19. The fraction of sp³-hybridized carbons (Fsp3) is 0.474. The van der Waals surface area contributed by atoms with Gasteiger partial charge < -0.3 is 20.1 Å². The highest BCUT2D eigenvalue weighted by atomic mass is 16.5. The molecule has 1 aromatic heterocycles. The van der Waals surface area contributed by atoms with Crippen LogP contribution < -0.4 is 10.6 Å². The van der Waals surface area contributed by atoms with Gasteiger partial charge in [0.2, 0.25) is 5.91 Å². The van der Waals surface area contributed by atoms with Crippen molar-refractivity contribution in [3.8, 4) is 0 Å². The van der Waals surface area contributed by atoms with Gasteiger partial charge in [-0.2, -0.15) is 0 Å². The first-order valence-corrected chi connectivity index (χ1v) is 8.83. The smallest absolute Gasteiger partial charge is 0.248 e. The van der Waals surface area contributed by atoms with Crippen LogP contribution >= 0.6 is 0 Å². The summed E-state index contributed by atoms with van der Waals surface area (Å²) in [7, 11) is 0. The molecule has 1 saturated heterocycles. The first-order chi connectivity index (χ1) is 12.2. The average molecular weight is 343 g/mol. The monoisotopic (exact) mass is 343 g/mol. The van der Waals surface area contributed by atoms with E-state index in [1.165, 1.54) is 0 Å². The zero-order chi connectivity index (χ0) is 17.5. The number of ether oxygens (including phenoxy) is 2. The van der Waals surface area contributed by atoms with Crippen molar-refractivity contribution >= 4 is 22.6 Å². The number of carbonyl (C=O) groups excluding carboxylic acids is 1. The third-order valence-electron chi connectivity index (χ3n) is 4.25. The summed E-state index contributed by atoms with van der Waals surface area (Å²) in [6, 6.07) is 12.0. The van der Waals surface area contributed by atoms with Crippen LogP contribution in [0.3, 0.4) is 0 Å². The molecule has 134 valence electrons. The summed E-state index contributed by atoms with van der Waals surface area (Å²) < 4.78 is 11.1. The molecule has 25 heavy (non-hydrogen) atoms. The second-order valence-electron chi connectivity index (χ2n) is 6.22. The summed E-state index contributed by atoms with van der Waals surface area (Å²) in [5.74, 6) is 0.696. The van der Waals surface area contributed by atoms with Crippen LogP contribution in [0.2, 0.25) is 0 Å². The second-order valence-corrected chi connectivity index (χ2v) is 6.22. The van der Waals surface area contributed by atoms with Crippen LogP contribution in [0.25, 0.3) is 10.9 Å². The van der Waals surface area contributed by atoms with E-state index >= 15 is 0 Å². The maximum absolute atomic E-state index is 12.0. The number of rotatable bonds is 8. The Labute approximate surface area is 147 Å². The van der Waals surface area contributed by atoms with Crippen LogP contribution in [-0.4, -0.2) is 49.4 Å². The number of nitrogens with one attached hydrogen (secondary N) is 2. The van der Waals surface area contributed by atoms with Crippen molar-refractivity contribution in [2.75, 3.05) is 31.6 Å². The van der Waals surface area contributed by atoms with Gasteiger partial charge in [0.25, 0.3) is 0 Å². The Hall–Kier alpha value is -2.18. The molecule has 2 atom stereocenters. The standard InChI is InChI=1S/C19H25N3O3/c1-14(25-13-16-6-4-12-24-16)19(23)21-11-10-20-18-9-8-15-5-2-3-7-17(15)22-18/h2-3,5,7-9,14,16H,4,6,10-13H2,1H3,(H,20,22)(H,21,23)/t14-,16+/m0/s1. The summed E-state index contributed by atoms with van der Waals surface area (Å²) in [5.41, 5.74) is 0.952. The molecule has 2 N–H and O–H groups in total. The number of nitrogens with zero attached hydrogens (tertiary/aromatic N) is 1. The summed E-state index contributed by atoms with van der Waals surface area (Å²) in [4.78, 5) is 16.6. The number of fused-ring (bicyclic) bond motifs is 1. The molecule has 1 aromatic carbocycles. The van der Waals surface area contributed by atoms with Crippen molar-refractivity contribution in [1.29, 1.82) is 0 Å². The number of benzene rings is 1. The summed E-state index contributed by atoms with van der Waals surface area (Å²) in [5, 5.41) is 7.20. The lowest BCUT2D eigenvalue weighted by molar-refractivity contribution is -0.133. The molecular weight excluding hydrogens is 318 g/mol. The molecule has 0 aliphatic carbocycles. The maximum atomic E-state index is 12.0. The topological polar surface area (TPSA) is 72.5 Å². The molecule has 1 aliphatic rings. The van der Waals surface area contributed by atoms with Gasteiger partial charge in [0.05, 0.1) is 18.2 Å². The minimum Gasteiger partial charge on any atom is -0.376 e. The summed E-state index contributed by atoms with van der Waals surface area (Å²) in [6.45, 7) is 4.16. The van der Waals surface area contributed by atoms with Crippen LogP contribution in [0, 0.1) is 0 Å². The molecule has 0 bridgehead atoms. The van der Waals surface area contributed by atoms with Crippen LogP contribution in [0.4, 0.5) is 5.82 Å². The van der Waals surface area contributed by atoms with E-state index in [0.29, 0.717) is 19.7 Å². The van der Waals surface area contributed by atoms with Gasteiger partial charge in [-0.25, -0.2) is 4.98 Å². The van der Waals surface area contributed by atoms with Crippen molar-refractivity contribution in [2.24, 2.45) is 0 Å². The minimum atomic E-state index is -0.469. The number of para-hydroxylation sites is 1. The molecule has 0 saturated carbocycles. The van der Waals surface area contributed by atoms with Crippen LogP contribution in [0.15, 0.2) is 36.4 Å². The molecule has 2 aromatic rings. The third-order valence-corrected chi connectivity index (χ3v) is 4.25. The second kappa shape index (κ2) is 8.78. The Kier molecular flexibility index (Phi) is 6.19. The van der Waals surface area contributed by atoms with E-state index in [9.17, 15) is 4.79 Å². The average Bonchev–Trinajstić information content (AvgIpc) is 3.16. The van der Waals surface area contributed by atoms with Crippen molar-refractivity contribution in [1.82, 2.24) is 10.3 Å². The van der Waals surface area contributed by atoms with Gasteiger partial charge in [-0.05, 0) is 38.0 Å². The molecule has 3 rings (SSSR count). The largest absolute Gasteiger partial charge is 0.376 e. The predicted octanol–water partition coefficient (Wildman–Crippen LogP) is 2.35. The van der Waals surface area contributed by atoms with Crippen LogP contribution in [0.5, 0.6) is 0 Å². The molecule has 1 aliphatic heterocycles. The number of carbonyl (C=O) groups is 1. The molecule has 0 radical (unpaired) electrons. The number of hydrogen-bond acceptors (Lipinski definition) is 5. The zero-order valence-corrected chi connectivity index (χ0v) is 14.5. The van der Waals surface area contributed by atoms with E-state index < -0.39 is 6.10 Å². The van der Waals surface area contributed by atoms with E-state index in [-0.39, 0.29) is 12.0 Å². The van der Waals surface area contributed by atoms with Gasteiger partial charge in [-0.15, -0.1) is 0 Å². The first-order valence-electron chi connectivity index (χ1n) is 8.83. The highest BCUT2D eigenvalue weighted by Crippen LogP contribution is 2.14. The summed E-state index contributed by atoms with van der Waals surface area (Å²) in [6.07, 6.45) is 1.75. The molecule has 0 spiro atoms. The van der Waals surface area contributed by atoms with Crippen LogP contribution in [-0.2, 0) is 14.3 Å². The Balaban J connectivity index is 1.35. The molecular formula is C19H25N3O3. The first kappa shape index (κ1) is 17.6. The Morgan fingerprint density at radius 2 is 2.20 bits per heavy atom. The van der Waals surface area contributed by atoms with Gasteiger partial charge in [0.1, 0.15) is 11.9 Å². The van der Waals surface area contributed by atoms with Crippen molar-refractivity contribution in [3.05, 3.63) is 36.4 Å². The van der Waals surface area contributed by atoms with Gasteiger partial charge in [-0.3, -0.25) is 4.79 Å². The molecule has 2 heterocycles. The number of hydrogen-bond donors (Lipinski definition) is 2. The van der Waals surface area contributed by atoms with Gasteiger partial charge in [0.15, 0.2) is 0 Å².